The van der Waals surface area contributed by atoms with Crippen LogP contribution in [0.25, 0.3) is 0 Å². The van der Waals surface area contributed by atoms with E-state index in [0.717, 1.165) is 12.0 Å². The van der Waals surface area contributed by atoms with Gasteiger partial charge in [-0.2, -0.15) is 0 Å². The summed E-state index contributed by atoms with van der Waals surface area (Å²) < 4.78 is 5.18. The van der Waals surface area contributed by atoms with Gasteiger partial charge in [-0.1, -0.05) is 55.8 Å². The van der Waals surface area contributed by atoms with Gasteiger partial charge in [-0.25, -0.2) is 0 Å². The molecule has 0 saturated heterocycles. The van der Waals surface area contributed by atoms with E-state index in [4.69, 9.17) is 4.74 Å². The Morgan fingerprint density at radius 1 is 1.00 bits per heavy atom. The van der Waals surface area contributed by atoms with Crippen LogP contribution in [0.15, 0.2) is 54.6 Å². The molecular formula is C20H22O3. The van der Waals surface area contributed by atoms with Gasteiger partial charge in [-0.3, -0.25) is 9.59 Å². The normalized spacial score (nSPS) is 13.2. The molecule has 0 fully saturated rings. The van der Waals surface area contributed by atoms with Gasteiger partial charge in [0.05, 0.1) is 7.11 Å². The summed E-state index contributed by atoms with van der Waals surface area (Å²) in [5.41, 5.74) is 0.149. The Morgan fingerprint density at radius 2 is 1.61 bits per heavy atom. The lowest BCUT2D eigenvalue weighted by Crippen LogP contribution is -2.42. The van der Waals surface area contributed by atoms with Crippen molar-refractivity contribution in [3.05, 3.63) is 65.7 Å². The van der Waals surface area contributed by atoms with Gasteiger partial charge in [-0.15, -0.1) is 0 Å². The summed E-state index contributed by atoms with van der Waals surface area (Å²) in [7, 11) is 1.59. The maximum atomic E-state index is 13.2. The standard InChI is InChI=1S/C20H22O3/c1-4-14-20(15(2)21,17-10-12-18(23-3)13-11-17)19(22)16-8-6-5-7-9-16/h5-13H,4,14H2,1-3H3. The van der Waals surface area contributed by atoms with Crippen molar-refractivity contribution < 1.29 is 14.3 Å². The van der Waals surface area contributed by atoms with Crippen LogP contribution < -0.4 is 4.74 Å². The third-order valence-electron chi connectivity index (χ3n) is 4.23. The first-order valence-electron chi connectivity index (χ1n) is 7.81. The first kappa shape index (κ1) is 16.9. The van der Waals surface area contributed by atoms with Crippen LogP contribution in [0.2, 0.25) is 0 Å². The van der Waals surface area contributed by atoms with Crippen molar-refractivity contribution in [2.24, 2.45) is 0 Å². The molecule has 1 atom stereocenters. The highest BCUT2D eigenvalue weighted by atomic mass is 16.5. The molecule has 0 spiro atoms. The molecule has 0 amide bonds. The fourth-order valence-electron chi connectivity index (χ4n) is 3.01. The van der Waals surface area contributed by atoms with Crippen molar-refractivity contribution in [2.75, 3.05) is 7.11 Å². The van der Waals surface area contributed by atoms with Crippen molar-refractivity contribution in [1.29, 1.82) is 0 Å². The first-order valence-corrected chi connectivity index (χ1v) is 7.81. The average molecular weight is 310 g/mol. The van der Waals surface area contributed by atoms with E-state index in [9.17, 15) is 9.59 Å². The van der Waals surface area contributed by atoms with Gasteiger partial charge >= 0.3 is 0 Å². The van der Waals surface area contributed by atoms with E-state index in [1.165, 1.54) is 6.92 Å². The van der Waals surface area contributed by atoms with Crippen molar-refractivity contribution in [3.8, 4) is 5.75 Å². The number of Topliss-reactive ketones (excluding diaryl/α,β-unsaturated/α-hetero) is 2. The second-order valence-electron chi connectivity index (χ2n) is 5.64. The zero-order valence-corrected chi connectivity index (χ0v) is 13.8. The van der Waals surface area contributed by atoms with Crippen LogP contribution in [0.4, 0.5) is 0 Å². The quantitative estimate of drug-likeness (QED) is 0.568. The molecule has 0 radical (unpaired) electrons. The summed E-state index contributed by atoms with van der Waals surface area (Å²) in [4.78, 5) is 25.8. The Balaban J connectivity index is 2.59. The summed E-state index contributed by atoms with van der Waals surface area (Å²) in [6.07, 6.45) is 1.23. The van der Waals surface area contributed by atoms with E-state index in [-0.39, 0.29) is 11.6 Å². The molecule has 0 aliphatic heterocycles. The van der Waals surface area contributed by atoms with Crippen LogP contribution in [-0.4, -0.2) is 18.7 Å². The van der Waals surface area contributed by atoms with E-state index >= 15 is 0 Å². The van der Waals surface area contributed by atoms with E-state index in [1.54, 1.807) is 31.4 Å². The van der Waals surface area contributed by atoms with Gasteiger partial charge in [0, 0.05) is 5.56 Å². The maximum Gasteiger partial charge on any atom is 0.180 e. The second-order valence-corrected chi connectivity index (χ2v) is 5.64. The summed E-state index contributed by atoms with van der Waals surface area (Å²) >= 11 is 0. The monoisotopic (exact) mass is 310 g/mol. The number of carbonyl (C=O) groups excluding carboxylic acids is 2. The molecule has 0 bridgehead atoms. The Kier molecular flexibility index (Phi) is 5.32. The van der Waals surface area contributed by atoms with Crippen molar-refractivity contribution in [2.45, 2.75) is 32.1 Å². The Morgan fingerprint density at radius 3 is 2.09 bits per heavy atom. The topological polar surface area (TPSA) is 43.4 Å². The molecule has 0 saturated carbocycles. The lowest BCUT2D eigenvalue weighted by molar-refractivity contribution is -0.121. The molecule has 2 aromatic carbocycles. The van der Waals surface area contributed by atoms with Gasteiger partial charge in [0.15, 0.2) is 5.78 Å². The third-order valence-corrected chi connectivity index (χ3v) is 4.23. The number of methoxy groups -OCH3 is 1. The molecular weight excluding hydrogens is 288 g/mol. The SMILES string of the molecule is CCCC(C(C)=O)(C(=O)c1ccccc1)c1ccc(OC)cc1. The summed E-state index contributed by atoms with van der Waals surface area (Å²) in [6, 6.07) is 16.2. The number of benzene rings is 2. The molecule has 120 valence electrons. The van der Waals surface area contributed by atoms with Gasteiger partial charge in [-0.05, 0) is 31.0 Å². The molecule has 1 unspecified atom stereocenters. The number of ether oxygens (including phenoxy) is 1. The van der Waals surface area contributed by atoms with Gasteiger partial charge < -0.3 is 4.74 Å². The fourth-order valence-corrected chi connectivity index (χ4v) is 3.01. The molecule has 2 aromatic rings. The van der Waals surface area contributed by atoms with E-state index in [2.05, 4.69) is 0 Å². The van der Waals surface area contributed by atoms with Gasteiger partial charge in [0.2, 0.25) is 0 Å². The summed E-state index contributed by atoms with van der Waals surface area (Å²) in [6.45, 7) is 3.49. The molecule has 3 heteroatoms. The Bertz CT molecular complexity index is 674. The molecule has 0 heterocycles. The highest BCUT2D eigenvalue weighted by Gasteiger charge is 2.44. The molecule has 0 aliphatic rings. The van der Waals surface area contributed by atoms with E-state index in [0.29, 0.717) is 17.7 Å². The first-order chi connectivity index (χ1) is 11.1. The van der Waals surface area contributed by atoms with Crippen LogP contribution in [0.1, 0.15) is 42.6 Å². The molecule has 23 heavy (non-hydrogen) atoms. The second kappa shape index (κ2) is 7.23. The lowest BCUT2D eigenvalue weighted by atomic mass is 9.69. The largest absolute Gasteiger partial charge is 0.497 e. The average Bonchev–Trinajstić information content (AvgIpc) is 2.59. The number of hydrogen-bond donors (Lipinski definition) is 0. The van der Waals surface area contributed by atoms with Crippen LogP contribution >= 0.6 is 0 Å². The van der Waals surface area contributed by atoms with Crippen LogP contribution in [0.3, 0.4) is 0 Å². The zero-order chi connectivity index (χ0) is 16.9. The van der Waals surface area contributed by atoms with Crippen molar-refractivity contribution >= 4 is 11.6 Å². The highest BCUT2D eigenvalue weighted by Crippen LogP contribution is 2.35. The number of rotatable bonds is 7. The predicted octanol–water partition coefficient (Wildman–Crippen LogP) is 4.21. The molecule has 0 aliphatic carbocycles. The zero-order valence-electron chi connectivity index (χ0n) is 13.8. The molecule has 2 rings (SSSR count). The van der Waals surface area contributed by atoms with E-state index in [1.807, 2.05) is 37.3 Å². The number of carbonyl (C=O) groups is 2. The minimum Gasteiger partial charge on any atom is -0.497 e. The van der Waals surface area contributed by atoms with Crippen molar-refractivity contribution in [3.63, 3.8) is 0 Å². The van der Waals surface area contributed by atoms with Gasteiger partial charge in [0.25, 0.3) is 0 Å². The molecule has 3 nitrogen and oxygen atoms in total. The highest BCUT2D eigenvalue weighted by molar-refractivity contribution is 6.18. The van der Waals surface area contributed by atoms with Crippen LogP contribution in [0, 0.1) is 0 Å². The van der Waals surface area contributed by atoms with Gasteiger partial charge in [0.1, 0.15) is 16.9 Å². The number of hydrogen-bond acceptors (Lipinski definition) is 3. The fraction of sp³-hybridized carbons (Fsp3) is 0.300. The third kappa shape index (κ3) is 3.19. The maximum absolute atomic E-state index is 13.2. The molecule has 0 aromatic heterocycles. The summed E-state index contributed by atoms with van der Waals surface area (Å²) in [5, 5.41) is 0. The lowest BCUT2D eigenvalue weighted by Gasteiger charge is -2.30. The minimum atomic E-state index is -1.14. The van der Waals surface area contributed by atoms with Crippen LogP contribution in [-0.2, 0) is 10.2 Å². The van der Waals surface area contributed by atoms with Crippen molar-refractivity contribution in [1.82, 2.24) is 0 Å². The van der Waals surface area contributed by atoms with E-state index < -0.39 is 5.41 Å². The molecule has 0 N–H and O–H groups in total. The predicted molar refractivity (Wildman–Crippen MR) is 91.0 cm³/mol. The number of ketones is 2. The van der Waals surface area contributed by atoms with Crippen LogP contribution in [0.5, 0.6) is 5.75 Å². The smallest absolute Gasteiger partial charge is 0.180 e. The minimum absolute atomic E-state index is 0.127. The Labute approximate surface area is 137 Å². The summed E-state index contributed by atoms with van der Waals surface area (Å²) in [5.74, 6) is 0.436. The Hall–Kier alpha value is -2.42.